The van der Waals surface area contributed by atoms with E-state index in [2.05, 4.69) is 15.2 Å². The highest BCUT2D eigenvalue weighted by Gasteiger charge is 2.35. The number of aromatic nitrogens is 3. The number of sulfone groups is 1. The smallest absolute Gasteiger partial charge is 0.251 e. The Bertz CT molecular complexity index is 1710. The zero-order valence-corrected chi connectivity index (χ0v) is 21.4. The molecular weight excluding hydrogens is 528 g/mol. The standard InChI is InChI=1S/C27H23F2N5O4S/c28-19-11-17(12-23-26(19)38-10-7-24(29)39(23,36)37)27(35)31-15-18-13-22-16(14-30-18)5-6-21(32-22)20-3-1-4-25(33-20)34-8-2-9-34/h1,3-6,11-14,24H,2,7-10,15H2,(H,31,35)/t24-/m0/s1. The number of halogens is 2. The van der Waals surface area contributed by atoms with Crippen molar-refractivity contribution >= 4 is 32.5 Å². The lowest BCUT2D eigenvalue weighted by Gasteiger charge is -2.32. The molecule has 2 aliphatic heterocycles. The predicted octanol–water partition coefficient (Wildman–Crippen LogP) is 3.82. The van der Waals surface area contributed by atoms with E-state index in [1.54, 1.807) is 12.3 Å². The molecule has 0 radical (unpaired) electrons. The summed E-state index contributed by atoms with van der Waals surface area (Å²) >= 11 is 0. The van der Waals surface area contributed by atoms with Crippen LogP contribution in [0.15, 0.2) is 59.6 Å². The fourth-order valence-electron chi connectivity index (χ4n) is 4.45. The minimum absolute atomic E-state index is 0.0307. The largest absolute Gasteiger partial charge is 0.489 e. The van der Waals surface area contributed by atoms with Crippen LogP contribution in [0.4, 0.5) is 14.6 Å². The number of anilines is 1. The van der Waals surface area contributed by atoms with E-state index in [-0.39, 0.29) is 18.7 Å². The Morgan fingerprint density at radius 3 is 2.72 bits per heavy atom. The van der Waals surface area contributed by atoms with Crippen LogP contribution in [0.3, 0.4) is 0 Å². The number of rotatable bonds is 5. The van der Waals surface area contributed by atoms with Gasteiger partial charge in [0, 0.05) is 36.7 Å². The average Bonchev–Trinajstić information content (AvgIpc) is 3.01. The summed E-state index contributed by atoms with van der Waals surface area (Å²) in [5.41, 5.74) is 0.0497. The summed E-state index contributed by atoms with van der Waals surface area (Å²) in [5.74, 6) is -1.46. The monoisotopic (exact) mass is 551 g/mol. The van der Waals surface area contributed by atoms with Gasteiger partial charge in [-0.3, -0.25) is 9.78 Å². The molecule has 6 rings (SSSR count). The van der Waals surface area contributed by atoms with Crippen LogP contribution in [0.5, 0.6) is 5.75 Å². The van der Waals surface area contributed by atoms with Gasteiger partial charge in [-0.1, -0.05) is 6.07 Å². The van der Waals surface area contributed by atoms with Gasteiger partial charge >= 0.3 is 0 Å². The van der Waals surface area contributed by atoms with Gasteiger partial charge in [-0.05, 0) is 48.9 Å². The van der Waals surface area contributed by atoms with Crippen LogP contribution < -0.4 is 15.0 Å². The van der Waals surface area contributed by atoms with Crippen molar-refractivity contribution in [2.75, 3.05) is 24.6 Å². The molecule has 0 aliphatic carbocycles. The molecule has 2 aliphatic rings. The van der Waals surface area contributed by atoms with Gasteiger partial charge in [-0.25, -0.2) is 27.2 Å². The maximum absolute atomic E-state index is 14.6. The number of nitrogens with zero attached hydrogens (tertiary/aromatic N) is 4. The fourth-order valence-corrected chi connectivity index (χ4v) is 5.84. The van der Waals surface area contributed by atoms with E-state index in [0.717, 1.165) is 48.5 Å². The third-order valence-electron chi connectivity index (χ3n) is 6.74. The molecule has 0 bridgehead atoms. The first-order valence-corrected chi connectivity index (χ1v) is 13.9. The molecule has 1 amide bonds. The third kappa shape index (κ3) is 4.76. The maximum atomic E-state index is 14.6. The molecule has 39 heavy (non-hydrogen) atoms. The van der Waals surface area contributed by atoms with Crippen molar-refractivity contribution in [3.05, 3.63) is 71.8 Å². The Morgan fingerprint density at radius 1 is 1.10 bits per heavy atom. The number of carbonyl (C=O) groups excluding carboxylic acids is 1. The summed E-state index contributed by atoms with van der Waals surface area (Å²) in [7, 11) is -4.50. The molecule has 0 saturated carbocycles. The van der Waals surface area contributed by atoms with Gasteiger partial charge in [0.25, 0.3) is 5.91 Å². The van der Waals surface area contributed by atoms with Gasteiger partial charge < -0.3 is 15.0 Å². The third-order valence-corrected chi connectivity index (χ3v) is 8.57. The zero-order valence-electron chi connectivity index (χ0n) is 20.6. The number of ether oxygens (including phenoxy) is 1. The number of fused-ring (bicyclic) bond motifs is 2. The number of amides is 1. The lowest BCUT2D eigenvalue weighted by Crippen LogP contribution is -2.37. The topological polar surface area (TPSA) is 114 Å². The van der Waals surface area contributed by atoms with Crippen LogP contribution in [0.2, 0.25) is 0 Å². The highest BCUT2D eigenvalue weighted by molar-refractivity contribution is 7.92. The number of benzene rings is 1. The molecule has 1 saturated heterocycles. The molecule has 200 valence electrons. The van der Waals surface area contributed by atoms with Crippen LogP contribution in [-0.2, 0) is 16.4 Å². The van der Waals surface area contributed by atoms with Crippen molar-refractivity contribution in [1.29, 1.82) is 0 Å². The molecular formula is C27H23F2N5O4S. The average molecular weight is 552 g/mol. The molecule has 3 aromatic heterocycles. The van der Waals surface area contributed by atoms with Gasteiger partial charge in [0.1, 0.15) is 10.7 Å². The number of nitrogens with one attached hydrogen (secondary N) is 1. The van der Waals surface area contributed by atoms with Crippen molar-refractivity contribution in [3.63, 3.8) is 0 Å². The van der Waals surface area contributed by atoms with E-state index < -0.39 is 44.1 Å². The molecule has 5 heterocycles. The van der Waals surface area contributed by atoms with E-state index in [4.69, 9.17) is 14.7 Å². The first-order valence-electron chi connectivity index (χ1n) is 12.4. The van der Waals surface area contributed by atoms with E-state index in [1.807, 2.05) is 30.3 Å². The van der Waals surface area contributed by atoms with Crippen LogP contribution in [0.1, 0.15) is 28.9 Å². The molecule has 1 atom stereocenters. The second-order valence-electron chi connectivity index (χ2n) is 9.35. The minimum Gasteiger partial charge on any atom is -0.489 e. The molecule has 0 spiro atoms. The fraction of sp³-hybridized carbons (Fsp3) is 0.259. The Labute approximate surface area is 222 Å². The molecule has 0 unspecified atom stereocenters. The van der Waals surface area contributed by atoms with Gasteiger partial charge in [-0.2, -0.15) is 0 Å². The van der Waals surface area contributed by atoms with E-state index in [0.29, 0.717) is 16.9 Å². The zero-order chi connectivity index (χ0) is 27.1. The second-order valence-corrected chi connectivity index (χ2v) is 11.4. The Morgan fingerprint density at radius 2 is 1.92 bits per heavy atom. The Kier molecular flexibility index (Phi) is 6.34. The highest BCUT2D eigenvalue weighted by Crippen LogP contribution is 2.35. The Hall–Kier alpha value is -4.19. The van der Waals surface area contributed by atoms with Crippen LogP contribution in [0.25, 0.3) is 22.3 Å². The predicted molar refractivity (Wildman–Crippen MR) is 139 cm³/mol. The van der Waals surface area contributed by atoms with Crippen LogP contribution in [-0.4, -0.2) is 54.5 Å². The van der Waals surface area contributed by atoms with E-state index >= 15 is 0 Å². The van der Waals surface area contributed by atoms with Crippen molar-refractivity contribution in [2.24, 2.45) is 0 Å². The first-order chi connectivity index (χ1) is 18.8. The number of pyridine rings is 3. The van der Waals surface area contributed by atoms with Crippen LogP contribution in [0, 0.1) is 5.82 Å². The first kappa shape index (κ1) is 25.1. The summed E-state index contributed by atoms with van der Waals surface area (Å²) in [5, 5.41) is 3.40. The summed E-state index contributed by atoms with van der Waals surface area (Å²) in [6, 6.07) is 13.1. The molecule has 12 heteroatoms. The number of hydrogen-bond donors (Lipinski definition) is 1. The van der Waals surface area contributed by atoms with E-state index in [9.17, 15) is 22.0 Å². The van der Waals surface area contributed by atoms with Gasteiger partial charge in [0.05, 0.1) is 35.8 Å². The number of alkyl halides is 1. The molecule has 1 fully saturated rings. The van der Waals surface area contributed by atoms with Gasteiger partial charge in [0.15, 0.2) is 11.6 Å². The summed E-state index contributed by atoms with van der Waals surface area (Å²) in [6.45, 7) is 1.65. The highest BCUT2D eigenvalue weighted by atomic mass is 32.2. The van der Waals surface area contributed by atoms with Crippen molar-refractivity contribution in [2.45, 2.75) is 29.8 Å². The lowest BCUT2D eigenvalue weighted by molar-refractivity contribution is 0.0949. The molecule has 4 aromatic rings. The van der Waals surface area contributed by atoms with E-state index in [1.165, 1.54) is 0 Å². The normalized spacial score (nSPS) is 18.0. The molecule has 9 nitrogen and oxygen atoms in total. The minimum atomic E-state index is -4.50. The van der Waals surface area contributed by atoms with Gasteiger partial charge in [-0.15, -0.1) is 0 Å². The number of carbonyl (C=O) groups is 1. The quantitative estimate of drug-likeness (QED) is 0.398. The summed E-state index contributed by atoms with van der Waals surface area (Å²) in [4.78, 5) is 28.1. The Balaban J connectivity index is 1.22. The molecule has 1 aromatic carbocycles. The summed E-state index contributed by atoms with van der Waals surface area (Å²) < 4.78 is 58.9. The second kappa shape index (κ2) is 9.84. The van der Waals surface area contributed by atoms with Crippen LogP contribution >= 0.6 is 0 Å². The summed E-state index contributed by atoms with van der Waals surface area (Å²) in [6.07, 6.45) is 2.35. The van der Waals surface area contributed by atoms with Gasteiger partial charge in [0.2, 0.25) is 15.3 Å². The number of hydrogen-bond acceptors (Lipinski definition) is 8. The SMILES string of the molecule is O=C(NCc1cc2nc(-c3cccc(N4CCC4)n3)ccc2cn1)c1cc(F)c2c(c1)S(=O)(=O)[C@H](F)CCO2. The van der Waals surface area contributed by atoms with Crippen molar-refractivity contribution < 1.29 is 26.7 Å². The maximum Gasteiger partial charge on any atom is 0.251 e. The molecule has 1 N–H and O–H groups in total. The lowest BCUT2D eigenvalue weighted by atomic mass is 10.1. The van der Waals surface area contributed by atoms with Crippen molar-refractivity contribution in [3.8, 4) is 17.1 Å². The van der Waals surface area contributed by atoms with Crippen molar-refractivity contribution in [1.82, 2.24) is 20.3 Å².